The minimum Gasteiger partial charge on any atom is -0.335 e. The van der Waals surface area contributed by atoms with E-state index in [9.17, 15) is 4.79 Å². The topological polar surface area (TPSA) is 32.3 Å². The highest BCUT2D eigenvalue weighted by Gasteiger charge is 2.23. The lowest BCUT2D eigenvalue weighted by molar-refractivity contribution is 0.191. The second kappa shape index (κ2) is 4.22. The fourth-order valence-corrected chi connectivity index (χ4v) is 2.49. The molecule has 0 bridgehead atoms. The molecule has 0 atom stereocenters. The van der Waals surface area contributed by atoms with E-state index in [1.807, 2.05) is 16.7 Å². The van der Waals surface area contributed by atoms with Gasteiger partial charge < -0.3 is 10.2 Å². The molecule has 13 heavy (non-hydrogen) atoms. The zero-order valence-electron chi connectivity index (χ0n) is 7.79. The van der Waals surface area contributed by atoms with Crippen LogP contribution in [0.3, 0.4) is 0 Å². The summed E-state index contributed by atoms with van der Waals surface area (Å²) in [4.78, 5) is 13.5. The number of nitrogens with zero attached hydrogens (tertiary/aromatic N) is 1. The molecule has 0 aromatic heterocycles. The van der Waals surface area contributed by atoms with E-state index in [1.54, 1.807) is 0 Å². The van der Waals surface area contributed by atoms with E-state index in [0.717, 1.165) is 24.6 Å². The van der Waals surface area contributed by atoms with Crippen LogP contribution in [0, 0.1) is 0 Å². The Morgan fingerprint density at radius 3 is 2.54 bits per heavy atom. The fraction of sp³-hybridized carbons (Fsp3) is 0.889. The molecule has 0 aromatic rings. The summed E-state index contributed by atoms with van der Waals surface area (Å²) in [7, 11) is 0. The highest BCUT2D eigenvalue weighted by molar-refractivity contribution is 7.99. The number of rotatable bonds is 1. The minimum atomic E-state index is 0.157. The molecule has 2 amide bonds. The predicted octanol–water partition coefficient (Wildman–Crippen LogP) is 1.30. The van der Waals surface area contributed by atoms with Gasteiger partial charge in [-0.25, -0.2) is 4.79 Å². The summed E-state index contributed by atoms with van der Waals surface area (Å²) in [6.45, 7) is 1.84. The average molecular weight is 200 g/mol. The molecule has 1 aliphatic carbocycles. The van der Waals surface area contributed by atoms with Gasteiger partial charge in [-0.1, -0.05) is 0 Å². The van der Waals surface area contributed by atoms with Gasteiger partial charge in [-0.05, 0) is 19.3 Å². The SMILES string of the molecule is O=C(NC1CCC1)N1CCSCC1. The van der Waals surface area contributed by atoms with Crippen LogP contribution in [0.2, 0.25) is 0 Å². The Kier molecular flexibility index (Phi) is 2.98. The van der Waals surface area contributed by atoms with Crippen molar-refractivity contribution in [3.63, 3.8) is 0 Å². The van der Waals surface area contributed by atoms with Crippen molar-refractivity contribution in [2.45, 2.75) is 25.3 Å². The van der Waals surface area contributed by atoms with Crippen LogP contribution >= 0.6 is 11.8 Å². The summed E-state index contributed by atoms with van der Waals surface area (Å²) >= 11 is 1.93. The first-order chi connectivity index (χ1) is 6.36. The molecule has 1 saturated carbocycles. The van der Waals surface area contributed by atoms with E-state index >= 15 is 0 Å². The molecule has 0 aromatic carbocycles. The monoisotopic (exact) mass is 200 g/mol. The van der Waals surface area contributed by atoms with E-state index in [1.165, 1.54) is 19.3 Å². The van der Waals surface area contributed by atoms with Gasteiger partial charge in [-0.3, -0.25) is 0 Å². The summed E-state index contributed by atoms with van der Waals surface area (Å²) in [5.74, 6) is 2.19. The van der Waals surface area contributed by atoms with Crippen molar-refractivity contribution in [3.8, 4) is 0 Å². The summed E-state index contributed by atoms with van der Waals surface area (Å²) in [6.07, 6.45) is 3.63. The number of hydrogen-bond donors (Lipinski definition) is 1. The molecule has 1 N–H and O–H groups in total. The van der Waals surface area contributed by atoms with Gasteiger partial charge in [0.2, 0.25) is 0 Å². The third kappa shape index (κ3) is 2.30. The third-order valence-corrected chi connectivity index (χ3v) is 3.67. The molecule has 0 spiro atoms. The van der Waals surface area contributed by atoms with Gasteiger partial charge in [0, 0.05) is 30.6 Å². The first-order valence-corrected chi connectivity index (χ1v) is 6.15. The Morgan fingerprint density at radius 2 is 2.00 bits per heavy atom. The lowest BCUT2D eigenvalue weighted by atomic mass is 9.93. The van der Waals surface area contributed by atoms with Crippen molar-refractivity contribution in [1.29, 1.82) is 0 Å². The highest BCUT2D eigenvalue weighted by atomic mass is 32.2. The van der Waals surface area contributed by atoms with Crippen molar-refractivity contribution in [3.05, 3.63) is 0 Å². The van der Waals surface area contributed by atoms with Crippen LogP contribution in [0.15, 0.2) is 0 Å². The van der Waals surface area contributed by atoms with E-state index in [0.29, 0.717) is 6.04 Å². The number of amides is 2. The van der Waals surface area contributed by atoms with Gasteiger partial charge in [0.25, 0.3) is 0 Å². The van der Waals surface area contributed by atoms with Gasteiger partial charge in [0.05, 0.1) is 0 Å². The molecule has 74 valence electrons. The van der Waals surface area contributed by atoms with Crippen LogP contribution in [-0.4, -0.2) is 41.6 Å². The third-order valence-electron chi connectivity index (χ3n) is 2.73. The lowest BCUT2D eigenvalue weighted by Gasteiger charge is -2.32. The first kappa shape index (κ1) is 9.19. The van der Waals surface area contributed by atoms with Crippen LogP contribution in [0.1, 0.15) is 19.3 Å². The summed E-state index contributed by atoms with van der Waals surface area (Å²) in [6, 6.07) is 0.632. The maximum absolute atomic E-state index is 11.6. The number of carbonyl (C=O) groups excluding carboxylic acids is 1. The zero-order chi connectivity index (χ0) is 9.10. The Balaban J connectivity index is 1.74. The molecular formula is C9H16N2OS. The average Bonchev–Trinajstić information content (AvgIpc) is 2.12. The molecule has 2 rings (SSSR count). The molecule has 0 unspecified atom stereocenters. The van der Waals surface area contributed by atoms with Crippen molar-refractivity contribution in [1.82, 2.24) is 10.2 Å². The minimum absolute atomic E-state index is 0.157. The van der Waals surface area contributed by atoms with E-state index in [4.69, 9.17) is 0 Å². The van der Waals surface area contributed by atoms with Crippen molar-refractivity contribution >= 4 is 17.8 Å². The van der Waals surface area contributed by atoms with E-state index in [2.05, 4.69) is 5.32 Å². The van der Waals surface area contributed by atoms with Gasteiger partial charge in [-0.2, -0.15) is 11.8 Å². The summed E-state index contributed by atoms with van der Waals surface area (Å²) < 4.78 is 0. The van der Waals surface area contributed by atoms with Crippen molar-refractivity contribution in [2.75, 3.05) is 24.6 Å². The smallest absolute Gasteiger partial charge is 0.317 e. The molecule has 2 fully saturated rings. The number of carbonyl (C=O) groups is 1. The second-order valence-corrected chi connectivity index (χ2v) is 4.90. The first-order valence-electron chi connectivity index (χ1n) is 4.99. The van der Waals surface area contributed by atoms with Crippen molar-refractivity contribution < 1.29 is 4.79 Å². The maximum atomic E-state index is 11.6. The quantitative estimate of drug-likeness (QED) is 0.692. The molecule has 3 nitrogen and oxygen atoms in total. The lowest BCUT2D eigenvalue weighted by Crippen LogP contribution is -2.49. The Labute approximate surface area is 83.2 Å². The molecule has 1 heterocycles. The van der Waals surface area contributed by atoms with Crippen molar-refractivity contribution in [2.24, 2.45) is 0 Å². The molecule has 1 saturated heterocycles. The largest absolute Gasteiger partial charge is 0.335 e. The molecule has 4 heteroatoms. The summed E-state index contributed by atoms with van der Waals surface area (Å²) in [5, 5.41) is 3.06. The molecule has 0 radical (unpaired) electrons. The standard InChI is InChI=1S/C9H16N2OS/c12-9(10-8-2-1-3-8)11-4-6-13-7-5-11/h8H,1-7H2,(H,10,12). The normalized spacial score (nSPS) is 23.8. The van der Waals surface area contributed by atoms with Crippen LogP contribution in [0.25, 0.3) is 0 Å². The molecule has 2 aliphatic rings. The van der Waals surface area contributed by atoms with Gasteiger partial charge in [0.1, 0.15) is 0 Å². The number of urea groups is 1. The highest BCUT2D eigenvalue weighted by Crippen LogP contribution is 2.18. The second-order valence-electron chi connectivity index (χ2n) is 3.68. The number of hydrogen-bond acceptors (Lipinski definition) is 2. The van der Waals surface area contributed by atoms with Crippen LogP contribution in [0.4, 0.5) is 4.79 Å². The number of nitrogens with one attached hydrogen (secondary N) is 1. The molecular weight excluding hydrogens is 184 g/mol. The zero-order valence-corrected chi connectivity index (χ0v) is 8.61. The van der Waals surface area contributed by atoms with Crippen LogP contribution in [-0.2, 0) is 0 Å². The Bertz CT molecular complexity index is 188. The maximum Gasteiger partial charge on any atom is 0.317 e. The van der Waals surface area contributed by atoms with Crippen LogP contribution in [0.5, 0.6) is 0 Å². The Hall–Kier alpha value is -0.380. The van der Waals surface area contributed by atoms with Gasteiger partial charge >= 0.3 is 6.03 Å². The van der Waals surface area contributed by atoms with E-state index in [-0.39, 0.29) is 6.03 Å². The van der Waals surface area contributed by atoms with Gasteiger partial charge in [-0.15, -0.1) is 0 Å². The Morgan fingerprint density at radius 1 is 1.31 bits per heavy atom. The van der Waals surface area contributed by atoms with Gasteiger partial charge in [0.15, 0.2) is 0 Å². The number of thioether (sulfide) groups is 1. The predicted molar refractivity (Wildman–Crippen MR) is 55.1 cm³/mol. The fourth-order valence-electron chi connectivity index (χ4n) is 1.58. The summed E-state index contributed by atoms with van der Waals surface area (Å²) in [5.41, 5.74) is 0. The molecule has 1 aliphatic heterocycles. The van der Waals surface area contributed by atoms with Crippen LogP contribution < -0.4 is 5.32 Å². The van der Waals surface area contributed by atoms with E-state index < -0.39 is 0 Å².